The summed E-state index contributed by atoms with van der Waals surface area (Å²) < 4.78 is 0. The molecule has 1 heterocycles. The molecule has 3 N–H and O–H groups in total. The van der Waals surface area contributed by atoms with Crippen LogP contribution < -0.4 is 10.6 Å². The van der Waals surface area contributed by atoms with E-state index < -0.39 is 0 Å². The van der Waals surface area contributed by atoms with Crippen molar-refractivity contribution in [2.45, 2.75) is 45.1 Å². The van der Waals surface area contributed by atoms with Crippen molar-refractivity contribution in [3.8, 4) is 0 Å². The fraction of sp³-hybridized carbons (Fsp3) is 0.917. The minimum Gasteiger partial charge on any atom is -0.393 e. The maximum atomic E-state index is 11.6. The second-order valence-corrected chi connectivity index (χ2v) is 4.60. The van der Waals surface area contributed by atoms with Crippen LogP contribution in [0, 0.1) is 5.92 Å². The number of carbonyl (C=O) groups is 1. The highest BCUT2D eigenvalue weighted by molar-refractivity contribution is 5.76. The molecule has 0 aromatic carbocycles. The molecular formula is C12H24N2O2. The SMILES string of the molecule is CCC(O)CCNC(=O)CC1CCNCC1. The molecule has 94 valence electrons. The average molecular weight is 228 g/mol. The molecule has 1 aliphatic heterocycles. The van der Waals surface area contributed by atoms with Crippen molar-refractivity contribution >= 4 is 5.91 Å². The third-order valence-corrected chi connectivity index (χ3v) is 3.20. The lowest BCUT2D eigenvalue weighted by molar-refractivity contribution is -0.122. The molecule has 0 spiro atoms. The van der Waals surface area contributed by atoms with Crippen LogP contribution in [0.5, 0.6) is 0 Å². The van der Waals surface area contributed by atoms with Gasteiger partial charge in [0.15, 0.2) is 0 Å². The molecule has 0 saturated carbocycles. The van der Waals surface area contributed by atoms with Crippen LogP contribution in [0.4, 0.5) is 0 Å². The molecule has 1 aliphatic rings. The topological polar surface area (TPSA) is 61.4 Å². The maximum Gasteiger partial charge on any atom is 0.220 e. The summed E-state index contributed by atoms with van der Waals surface area (Å²) in [5.41, 5.74) is 0. The summed E-state index contributed by atoms with van der Waals surface area (Å²) in [5, 5.41) is 15.5. The molecular weight excluding hydrogens is 204 g/mol. The lowest BCUT2D eigenvalue weighted by Gasteiger charge is -2.22. The lowest BCUT2D eigenvalue weighted by atomic mass is 9.94. The molecule has 0 radical (unpaired) electrons. The number of aliphatic hydroxyl groups excluding tert-OH is 1. The van der Waals surface area contributed by atoms with Crippen LogP contribution in [-0.2, 0) is 4.79 Å². The van der Waals surface area contributed by atoms with Gasteiger partial charge >= 0.3 is 0 Å². The van der Waals surface area contributed by atoms with Crippen LogP contribution in [-0.4, -0.2) is 36.8 Å². The highest BCUT2D eigenvalue weighted by atomic mass is 16.3. The van der Waals surface area contributed by atoms with Crippen molar-refractivity contribution < 1.29 is 9.90 Å². The summed E-state index contributed by atoms with van der Waals surface area (Å²) in [6.45, 7) is 4.61. The summed E-state index contributed by atoms with van der Waals surface area (Å²) in [4.78, 5) is 11.6. The Morgan fingerprint density at radius 1 is 1.50 bits per heavy atom. The first-order chi connectivity index (χ1) is 7.72. The number of amides is 1. The quantitative estimate of drug-likeness (QED) is 0.625. The van der Waals surface area contributed by atoms with E-state index in [2.05, 4.69) is 10.6 Å². The lowest BCUT2D eigenvalue weighted by Crippen LogP contribution is -2.33. The van der Waals surface area contributed by atoms with Gasteiger partial charge in [-0.25, -0.2) is 0 Å². The van der Waals surface area contributed by atoms with Crippen LogP contribution in [0.15, 0.2) is 0 Å². The van der Waals surface area contributed by atoms with Crippen molar-refractivity contribution in [3.63, 3.8) is 0 Å². The third-order valence-electron chi connectivity index (χ3n) is 3.20. The van der Waals surface area contributed by atoms with Gasteiger partial charge in [-0.1, -0.05) is 6.92 Å². The molecule has 4 heteroatoms. The predicted octanol–water partition coefficient (Wildman–Crippen LogP) is 0.653. The van der Waals surface area contributed by atoms with Crippen LogP contribution >= 0.6 is 0 Å². The van der Waals surface area contributed by atoms with Gasteiger partial charge in [-0.2, -0.15) is 0 Å². The van der Waals surface area contributed by atoms with E-state index >= 15 is 0 Å². The first-order valence-electron chi connectivity index (χ1n) is 6.37. The largest absolute Gasteiger partial charge is 0.393 e. The number of carbonyl (C=O) groups excluding carboxylic acids is 1. The van der Waals surface area contributed by atoms with Gasteiger partial charge in [0.2, 0.25) is 5.91 Å². The standard InChI is InChI=1S/C12H24N2O2/c1-2-11(15)5-8-14-12(16)9-10-3-6-13-7-4-10/h10-11,13,15H,2-9H2,1H3,(H,14,16). The van der Waals surface area contributed by atoms with Gasteiger partial charge in [0.25, 0.3) is 0 Å². The Balaban J connectivity index is 2.05. The highest BCUT2D eigenvalue weighted by Gasteiger charge is 2.16. The van der Waals surface area contributed by atoms with E-state index in [0.29, 0.717) is 25.3 Å². The molecule has 4 nitrogen and oxygen atoms in total. The minimum atomic E-state index is -0.279. The zero-order chi connectivity index (χ0) is 11.8. The van der Waals surface area contributed by atoms with E-state index in [4.69, 9.17) is 0 Å². The molecule has 16 heavy (non-hydrogen) atoms. The van der Waals surface area contributed by atoms with E-state index in [1.54, 1.807) is 0 Å². The van der Waals surface area contributed by atoms with Crippen LogP contribution in [0.1, 0.15) is 39.0 Å². The number of nitrogens with one attached hydrogen (secondary N) is 2. The fourth-order valence-corrected chi connectivity index (χ4v) is 2.00. The number of hydrogen-bond acceptors (Lipinski definition) is 3. The second-order valence-electron chi connectivity index (χ2n) is 4.60. The molecule has 1 unspecified atom stereocenters. The Kier molecular flexibility index (Phi) is 6.42. The first kappa shape index (κ1) is 13.5. The molecule has 0 aromatic heterocycles. The van der Waals surface area contributed by atoms with Crippen molar-refractivity contribution in [1.82, 2.24) is 10.6 Å². The van der Waals surface area contributed by atoms with Gasteiger partial charge in [-0.3, -0.25) is 4.79 Å². The van der Waals surface area contributed by atoms with Crippen molar-refractivity contribution in [1.29, 1.82) is 0 Å². The number of piperidine rings is 1. The Bertz CT molecular complexity index is 203. The van der Waals surface area contributed by atoms with E-state index in [9.17, 15) is 9.90 Å². The number of aliphatic hydroxyl groups is 1. The monoisotopic (exact) mass is 228 g/mol. The zero-order valence-corrected chi connectivity index (χ0v) is 10.2. The summed E-state index contributed by atoms with van der Waals surface area (Å²) in [5.74, 6) is 0.674. The Morgan fingerprint density at radius 2 is 2.19 bits per heavy atom. The van der Waals surface area contributed by atoms with E-state index in [1.807, 2.05) is 6.92 Å². The molecule has 1 amide bonds. The van der Waals surface area contributed by atoms with Crippen molar-refractivity contribution in [2.75, 3.05) is 19.6 Å². The van der Waals surface area contributed by atoms with Gasteiger partial charge in [-0.05, 0) is 44.7 Å². The van der Waals surface area contributed by atoms with E-state index in [1.165, 1.54) is 0 Å². The Morgan fingerprint density at radius 3 is 2.81 bits per heavy atom. The molecule has 1 atom stereocenters. The molecule has 0 aliphatic carbocycles. The van der Waals surface area contributed by atoms with Gasteiger partial charge in [0.1, 0.15) is 0 Å². The van der Waals surface area contributed by atoms with Crippen molar-refractivity contribution in [2.24, 2.45) is 5.92 Å². The van der Waals surface area contributed by atoms with E-state index in [0.717, 1.165) is 32.4 Å². The zero-order valence-electron chi connectivity index (χ0n) is 10.2. The van der Waals surface area contributed by atoms with Gasteiger partial charge in [0.05, 0.1) is 6.10 Å². The average Bonchev–Trinajstić information content (AvgIpc) is 2.30. The molecule has 0 bridgehead atoms. The predicted molar refractivity (Wildman–Crippen MR) is 64.1 cm³/mol. The van der Waals surface area contributed by atoms with Gasteiger partial charge in [0, 0.05) is 13.0 Å². The normalized spacial score (nSPS) is 19.4. The number of hydrogen-bond donors (Lipinski definition) is 3. The molecule has 0 aromatic rings. The molecule has 1 saturated heterocycles. The molecule has 1 fully saturated rings. The Hall–Kier alpha value is -0.610. The summed E-state index contributed by atoms with van der Waals surface area (Å²) >= 11 is 0. The highest BCUT2D eigenvalue weighted by Crippen LogP contribution is 2.15. The van der Waals surface area contributed by atoms with Gasteiger partial charge in [-0.15, -0.1) is 0 Å². The minimum absolute atomic E-state index is 0.134. The molecule has 1 rings (SSSR count). The first-order valence-corrected chi connectivity index (χ1v) is 6.37. The van der Waals surface area contributed by atoms with Gasteiger partial charge < -0.3 is 15.7 Å². The third kappa shape index (κ3) is 5.47. The fourth-order valence-electron chi connectivity index (χ4n) is 2.00. The summed E-state index contributed by atoms with van der Waals surface area (Å²) in [6.07, 6.45) is 3.98. The smallest absolute Gasteiger partial charge is 0.220 e. The van der Waals surface area contributed by atoms with E-state index in [-0.39, 0.29) is 12.0 Å². The summed E-state index contributed by atoms with van der Waals surface area (Å²) in [7, 11) is 0. The van der Waals surface area contributed by atoms with Crippen molar-refractivity contribution in [3.05, 3.63) is 0 Å². The summed E-state index contributed by atoms with van der Waals surface area (Å²) in [6, 6.07) is 0. The second kappa shape index (κ2) is 7.63. The van der Waals surface area contributed by atoms with Crippen LogP contribution in [0.2, 0.25) is 0 Å². The van der Waals surface area contributed by atoms with Crippen LogP contribution in [0.25, 0.3) is 0 Å². The Labute approximate surface area is 97.8 Å². The maximum absolute atomic E-state index is 11.6. The van der Waals surface area contributed by atoms with Crippen LogP contribution in [0.3, 0.4) is 0 Å². The number of rotatable bonds is 6.